The van der Waals surface area contributed by atoms with Gasteiger partial charge < -0.3 is 14.9 Å². The number of aromatic nitrogens is 2. The molecule has 0 aliphatic heterocycles. The topological polar surface area (TPSA) is 87.3 Å². The van der Waals surface area contributed by atoms with Crippen molar-refractivity contribution < 1.29 is 14.5 Å². The van der Waals surface area contributed by atoms with E-state index < -0.39 is 17.0 Å². The van der Waals surface area contributed by atoms with E-state index in [-0.39, 0.29) is 12.5 Å². The minimum atomic E-state index is -0.578. The van der Waals surface area contributed by atoms with Crippen molar-refractivity contribution in [1.82, 2.24) is 9.55 Å². The predicted molar refractivity (Wildman–Crippen MR) is 70.2 cm³/mol. The predicted octanol–water partition coefficient (Wildman–Crippen LogP) is 2.04. The van der Waals surface area contributed by atoms with Crippen LogP contribution in [0, 0.1) is 10.1 Å². The molecule has 0 saturated heterocycles. The van der Waals surface area contributed by atoms with Crippen molar-refractivity contribution in [3.05, 3.63) is 58.4 Å². The quantitative estimate of drug-likeness (QED) is 0.473. The van der Waals surface area contributed by atoms with E-state index in [0.717, 1.165) is 0 Å². The third-order valence-corrected chi connectivity index (χ3v) is 2.63. The Morgan fingerprint density at radius 1 is 1.45 bits per heavy atom. The molecule has 0 fully saturated rings. The van der Waals surface area contributed by atoms with Gasteiger partial charge >= 0.3 is 11.9 Å². The zero-order valence-electron chi connectivity index (χ0n) is 10.8. The van der Waals surface area contributed by atoms with Gasteiger partial charge in [0.15, 0.2) is 0 Å². The lowest BCUT2D eigenvalue weighted by molar-refractivity contribution is -0.397. The fraction of sp³-hybridized carbons (Fsp3) is 0.231. The first kappa shape index (κ1) is 13.7. The van der Waals surface area contributed by atoms with Gasteiger partial charge in [0.05, 0.1) is 5.56 Å². The van der Waals surface area contributed by atoms with Gasteiger partial charge in [0.25, 0.3) is 0 Å². The molecule has 1 unspecified atom stereocenters. The van der Waals surface area contributed by atoms with E-state index >= 15 is 0 Å². The fourth-order valence-electron chi connectivity index (χ4n) is 1.76. The molecular formula is C13H13N3O4. The second-order valence-corrected chi connectivity index (χ2v) is 4.22. The van der Waals surface area contributed by atoms with E-state index in [1.54, 1.807) is 37.3 Å². The maximum atomic E-state index is 11.8. The molecule has 0 radical (unpaired) electrons. The standard InChI is InChI=1S/C13H13N3O4/c1-10(9-15-8-7-14-13(15)16(18)19)20-12(17)11-5-3-2-4-6-11/h2-8,10H,9H2,1H3. The highest BCUT2D eigenvalue weighted by atomic mass is 16.6. The van der Waals surface area contributed by atoms with Crippen LogP contribution in [0.25, 0.3) is 0 Å². The van der Waals surface area contributed by atoms with Gasteiger partial charge in [-0.15, -0.1) is 0 Å². The van der Waals surface area contributed by atoms with Gasteiger partial charge in [0.1, 0.15) is 25.0 Å². The number of nitrogens with zero attached hydrogens (tertiary/aromatic N) is 3. The first-order valence-corrected chi connectivity index (χ1v) is 5.99. The number of nitro groups is 1. The minimum Gasteiger partial charge on any atom is -0.456 e. The number of benzene rings is 1. The molecule has 0 bridgehead atoms. The third-order valence-electron chi connectivity index (χ3n) is 2.63. The van der Waals surface area contributed by atoms with E-state index in [9.17, 15) is 14.9 Å². The maximum absolute atomic E-state index is 11.8. The summed E-state index contributed by atoms with van der Waals surface area (Å²) in [7, 11) is 0. The van der Waals surface area contributed by atoms with Crippen LogP contribution in [-0.2, 0) is 11.3 Å². The van der Waals surface area contributed by atoms with Gasteiger partial charge in [0, 0.05) is 0 Å². The monoisotopic (exact) mass is 275 g/mol. The van der Waals surface area contributed by atoms with Gasteiger partial charge in [-0.1, -0.05) is 23.2 Å². The molecule has 0 aliphatic carbocycles. The van der Waals surface area contributed by atoms with E-state index in [1.807, 2.05) is 0 Å². The number of ether oxygens (including phenoxy) is 1. The Labute approximate surface area is 115 Å². The molecule has 1 aromatic carbocycles. The first-order chi connectivity index (χ1) is 9.58. The van der Waals surface area contributed by atoms with E-state index in [2.05, 4.69) is 4.98 Å². The SMILES string of the molecule is CC(Cn1ccnc1[N+](=O)[O-])OC(=O)c1ccccc1. The molecule has 1 aromatic heterocycles. The van der Waals surface area contributed by atoms with Crippen molar-refractivity contribution in [3.8, 4) is 0 Å². The first-order valence-electron chi connectivity index (χ1n) is 5.99. The highest BCUT2D eigenvalue weighted by Crippen LogP contribution is 2.11. The summed E-state index contributed by atoms with van der Waals surface area (Å²) in [6.45, 7) is 1.85. The summed E-state index contributed by atoms with van der Waals surface area (Å²) in [5.41, 5.74) is 0.444. The second kappa shape index (κ2) is 5.96. The molecule has 1 atom stereocenters. The number of hydrogen-bond donors (Lipinski definition) is 0. The zero-order valence-corrected chi connectivity index (χ0v) is 10.8. The van der Waals surface area contributed by atoms with Gasteiger partial charge in [-0.05, 0) is 24.0 Å². The fourth-order valence-corrected chi connectivity index (χ4v) is 1.76. The molecule has 104 valence electrons. The number of esters is 1. The molecule has 7 nitrogen and oxygen atoms in total. The lowest BCUT2D eigenvalue weighted by atomic mass is 10.2. The second-order valence-electron chi connectivity index (χ2n) is 4.22. The van der Waals surface area contributed by atoms with Gasteiger partial charge in [-0.25, -0.2) is 9.36 Å². The van der Waals surface area contributed by atoms with Crippen LogP contribution >= 0.6 is 0 Å². The Morgan fingerprint density at radius 2 is 2.15 bits per heavy atom. The largest absolute Gasteiger partial charge is 0.456 e. The van der Waals surface area contributed by atoms with Crippen molar-refractivity contribution in [2.45, 2.75) is 19.6 Å². The summed E-state index contributed by atoms with van der Waals surface area (Å²) in [5.74, 6) is -0.728. The van der Waals surface area contributed by atoms with Crippen LogP contribution in [0.2, 0.25) is 0 Å². The summed E-state index contributed by atoms with van der Waals surface area (Å²) in [6.07, 6.45) is 2.31. The Hall–Kier alpha value is -2.70. The number of rotatable bonds is 5. The number of carbonyl (C=O) groups is 1. The molecule has 7 heteroatoms. The summed E-state index contributed by atoms with van der Waals surface area (Å²) >= 11 is 0. The average Bonchev–Trinajstić information content (AvgIpc) is 2.87. The number of carbonyl (C=O) groups excluding carboxylic acids is 1. The highest BCUT2D eigenvalue weighted by molar-refractivity contribution is 5.89. The van der Waals surface area contributed by atoms with Gasteiger partial charge in [-0.3, -0.25) is 0 Å². The van der Waals surface area contributed by atoms with Crippen LogP contribution in [0.1, 0.15) is 17.3 Å². The molecule has 0 spiro atoms. The Bertz CT molecular complexity index is 609. The molecule has 1 heterocycles. The Balaban J connectivity index is 1.99. The summed E-state index contributed by atoms with van der Waals surface area (Å²) < 4.78 is 6.57. The molecule has 0 N–H and O–H groups in total. The molecule has 2 aromatic rings. The zero-order chi connectivity index (χ0) is 14.5. The van der Waals surface area contributed by atoms with Crippen molar-refractivity contribution in [1.29, 1.82) is 0 Å². The lowest BCUT2D eigenvalue weighted by Crippen LogP contribution is -2.21. The Morgan fingerprint density at radius 3 is 2.80 bits per heavy atom. The van der Waals surface area contributed by atoms with Crippen LogP contribution in [-0.4, -0.2) is 26.5 Å². The van der Waals surface area contributed by atoms with Crippen molar-refractivity contribution in [2.75, 3.05) is 0 Å². The summed E-state index contributed by atoms with van der Waals surface area (Å²) in [6, 6.07) is 8.57. The molecule has 20 heavy (non-hydrogen) atoms. The van der Waals surface area contributed by atoms with Gasteiger partial charge in [-0.2, -0.15) is 0 Å². The lowest BCUT2D eigenvalue weighted by Gasteiger charge is -2.12. The molecule has 0 aliphatic rings. The number of hydrogen-bond acceptors (Lipinski definition) is 5. The molecule has 0 amide bonds. The smallest absolute Gasteiger partial charge is 0.434 e. The van der Waals surface area contributed by atoms with Crippen molar-refractivity contribution in [3.63, 3.8) is 0 Å². The summed E-state index contributed by atoms with van der Waals surface area (Å²) in [5, 5.41) is 10.7. The van der Waals surface area contributed by atoms with E-state index in [1.165, 1.54) is 17.0 Å². The van der Waals surface area contributed by atoms with E-state index in [0.29, 0.717) is 5.56 Å². The third kappa shape index (κ3) is 3.19. The maximum Gasteiger partial charge on any atom is 0.434 e. The summed E-state index contributed by atoms with van der Waals surface area (Å²) in [4.78, 5) is 25.6. The van der Waals surface area contributed by atoms with Crippen LogP contribution < -0.4 is 0 Å². The Kier molecular flexibility index (Phi) is 4.09. The van der Waals surface area contributed by atoms with E-state index in [4.69, 9.17) is 4.74 Å². The normalized spacial score (nSPS) is 11.8. The van der Waals surface area contributed by atoms with Crippen LogP contribution in [0.3, 0.4) is 0 Å². The molecule has 2 rings (SSSR count). The molecular weight excluding hydrogens is 262 g/mol. The number of imidazole rings is 1. The van der Waals surface area contributed by atoms with Crippen molar-refractivity contribution >= 4 is 11.9 Å². The van der Waals surface area contributed by atoms with Gasteiger partial charge in [0.2, 0.25) is 0 Å². The highest BCUT2D eigenvalue weighted by Gasteiger charge is 2.19. The average molecular weight is 275 g/mol. The van der Waals surface area contributed by atoms with Crippen LogP contribution in [0.4, 0.5) is 5.95 Å². The van der Waals surface area contributed by atoms with Crippen molar-refractivity contribution in [2.24, 2.45) is 0 Å². The van der Waals surface area contributed by atoms with Crippen LogP contribution in [0.5, 0.6) is 0 Å². The van der Waals surface area contributed by atoms with Crippen LogP contribution in [0.15, 0.2) is 42.7 Å². The molecule has 0 saturated carbocycles. The minimum absolute atomic E-state index is 0.175.